The van der Waals surface area contributed by atoms with Crippen molar-refractivity contribution < 1.29 is 0 Å². The first-order valence-corrected chi connectivity index (χ1v) is 39.7. The molecule has 0 amide bonds. The fourth-order valence-corrected chi connectivity index (χ4v) is 9.50. The Balaban J connectivity index is -0.0000000995. The molecule has 0 saturated carbocycles. The predicted molar refractivity (Wildman–Crippen MR) is 470 cm³/mol. The van der Waals surface area contributed by atoms with Gasteiger partial charge in [0.25, 0.3) is 0 Å². The Labute approximate surface area is 630 Å². The van der Waals surface area contributed by atoms with E-state index in [9.17, 15) is 0 Å². The van der Waals surface area contributed by atoms with Gasteiger partial charge in [0.2, 0.25) is 0 Å². The van der Waals surface area contributed by atoms with Crippen molar-refractivity contribution in [2.75, 3.05) is 0 Å². The minimum Gasteiger partial charge on any atom is -0.264 e. The highest BCUT2D eigenvalue weighted by Gasteiger charge is 2.22. The maximum absolute atomic E-state index is 4.41. The highest BCUT2D eigenvalue weighted by atomic mass is 14.8. The van der Waals surface area contributed by atoms with Crippen molar-refractivity contribution in [3.05, 3.63) is 192 Å². The standard InChI is InChI=1S/C16H20.C12H18.3C11H17N.C10H16N2.12C2H6/c1-11-12(2)15(16(3,4)5)10-13-8-6-7-9-14(11)13;1-9-7-6-8-11(10(9)2)12(3,4)5;1-8-6-12-7-10(9(8)2)11(3,4)5;1-8-9(2)12-7-6-10(8)11(3,4)5;1-8-6-7-12-10(9(8)2)11(3,4)5;1-7-8(2)11-6-12-9(7)10(3,4)5;12*1-2/h6-10H,1-5H3;6-8H,1-5H3;3*6-7H,1-5H3;6H,1-5H3;12*1-2H3. The molecule has 0 atom stereocenters. The first-order valence-electron chi connectivity index (χ1n) is 39.7. The van der Waals surface area contributed by atoms with Crippen LogP contribution in [0.1, 0.15) is 391 Å². The number of hydrogen-bond acceptors (Lipinski definition) is 5. The van der Waals surface area contributed by atoms with Crippen molar-refractivity contribution >= 4 is 10.8 Å². The molecular weight excluding hydrogens is 1210 g/mol. The average molecular weight is 1390 g/mol. The Morgan fingerprint density at radius 2 is 0.590 bits per heavy atom. The van der Waals surface area contributed by atoms with Gasteiger partial charge in [-0.3, -0.25) is 15.0 Å². The molecular formula is C95H177N5. The molecule has 0 radical (unpaired) electrons. The second kappa shape index (κ2) is 65.5. The van der Waals surface area contributed by atoms with Gasteiger partial charge in [0, 0.05) is 52.7 Å². The summed E-state index contributed by atoms with van der Waals surface area (Å²) in [6.45, 7) is 114. The zero-order valence-electron chi connectivity index (χ0n) is 77.9. The fraction of sp³-hybridized carbons (Fsp3) is 0.632. The molecule has 0 fully saturated rings. The number of fused-ring (bicyclic) bond motifs is 1. The van der Waals surface area contributed by atoms with Crippen molar-refractivity contribution in [2.45, 2.75) is 406 Å². The third-order valence-electron chi connectivity index (χ3n) is 14.6. The number of hydrogen-bond donors (Lipinski definition) is 0. The number of benzene rings is 3. The van der Waals surface area contributed by atoms with E-state index in [4.69, 9.17) is 0 Å². The largest absolute Gasteiger partial charge is 0.264 e. The quantitative estimate of drug-likeness (QED) is 0.151. The third kappa shape index (κ3) is 47.6. The Kier molecular flexibility index (Phi) is 77.5. The van der Waals surface area contributed by atoms with Gasteiger partial charge in [-0.2, -0.15) is 0 Å². The maximum Gasteiger partial charge on any atom is 0.115 e. The summed E-state index contributed by atoms with van der Waals surface area (Å²) in [5.74, 6) is 0. The van der Waals surface area contributed by atoms with Gasteiger partial charge in [0.05, 0.1) is 5.69 Å². The summed E-state index contributed by atoms with van der Waals surface area (Å²) in [7, 11) is 0. The summed E-state index contributed by atoms with van der Waals surface area (Å²) in [5, 5.41) is 2.74. The molecule has 0 aliphatic rings. The summed E-state index contributed by atoms with van der Waals surface area (Å²) in [6.07, 6.45) is 9.32. The van der Waals surface area contributed by atoms with Gasteiger partial charge < -0.3 is 0 Å². The van der Waals surface area contributed by atoms with Crippen molar-refractivity contribution in [1.82, 2.24) is 24.9 Å². The van der Waals surface area contributed by atoms with Crippen LogP contribution in [-0.2, 0) is 32.5 Å². The molecule has 7 rings (SSSR count). The van der Waals surface area contributed by atoms with Crippen LogP contribution < -0.4 is 0 Å². The minimum atomic E-state index is 0.123. The second-order valence-electron chi connectivity index (χ2n) is 27.4. The zero-order valence-corrected chi connectivity index (χ0v) is 77.9. The third-order valence-corrected chi connectivity index (χ3v) is 14.6. The Morgan fingerprint density at radius 1 is 0.240 bits per heavy atom. The number of aromatic nitrogens is 5. The van der Waals surface area contributed by atoms with Crippen LogP contribution in [-0.4, -0.2) is 24.9 Å². The number of aryl methyl sites for hydroxylation is 6. The smallest absolute Gasteiger partial charge is 0.115 e. The molecule has 0 aliphatic carbocycles. The fourth-order valence-electron chi connectivity index (χ4n) is 9.50. The molecule has 3 aromatic carbocycles. The summed E-state index contributed by atoms with van der Waals surface area (Å²) in [5.41, 5.74) is 25.0. The summed E-state index contributed by atoms with van der Waals surface area (Å²) >= 11 is 0. The molecule has 7 aromatic rings. The lowest BCUT2D eigenvalue weighted by atomic mass is 9.81. The van der Waals surface area contributed by atoms with E-state index < -0.39 is 0 Å². The highest BCUT2D eigenvalue weighted by Crippen LogP contribution is 2.33. The highest BCUT2D eigenvalue weighted by molar-refractivity contribution is 5.87. The zero-order chi connectivity index (χ0) is 82.7. The molecule has 582 valence electrons. The van der Waals surface area contributed by atoms with Crippen LogP contribution in [0.4, 0.5) is 0 Å². The molecule has 0 aliphatic heterocycles. The lowest BCUT2D eigenvalue weighted by Crippen LogP contribution is -2.16. The van der Waals surface area contributed by atoms with Crippen LogP contribution in [0.15, 0.2) is 91.8 Å². The van der Waals surface area contributed by atoms with Crippen LogP contribution >= 0.6 is 0 Å². The van der Waals surface area contributed by atoms with Crippen LogP contribution in [0.5, 0.6) is 0 Å². The molecule has 4 heterocycles. The molecule has 5 heteroatoms. The Morgan fingerprint density at radius 3 is 0.940 bits per heavy atom. The summed E-state index contributed by atoms with van der Waals surface area (Å²) in [6, 6.07) is 21.7. The van der Waals surface area contributed by atoms with Gasteiger partial charge in [0.1, 0.15) is 6.33 Å². The van der Waals surface area contributed by atoms with Crippen LogP contribution in [0.2, 0.25) is 0 Å². The SMILES string of the molecule is CC.CC.CC.CC.CC.CC.CC.CC.CC.CC.CC.CC.Cc1c(C(C)(C)C)cc2ccccc2c1C.Cc1cccc(C(C)(C)C)c1C.Cc1ccnc(C(C)(C)C)c1C.Cc1cncc(C(C)(C)C)c1C.Cc1nccc(C(C)(C)C)c1C.Cc1ncnc(C(C)(C)C)c1C. The van der Waals surface area contributed by atoms with Gasteiger partial charge in [-0.15, -0.1) is 0 Å². The van der Waals surface area contributed by atoms with Crippen molar-refractivity contribution in [1.29, 1.82) is 0 Å². The molecule has 100 heavy (non-hydrogen) atoms. The Hall–Kier alpha value is -5.55. The van der Waals surface area contributed by atoms with Crippen LogP contribution in [0, 0.1) is 83.1 Å². The first kappa shape index (κ1) is 118. The van der Waals surface area contributed by atoms with Crippen molar-refractivity contribution in [3.63, 3.8) is 0 Å². The van der Waals surface area contributed by atoms with E-state index in [1.165, 1.54) is 94.4 Å². The number of nitrogens with zero attached hydrogens (tertiary/aromatic N) is 5. The van der Waals surface area contributed by atoms with E-state index in [1.807, 2.05) is 198 Å². The summed E-state index contributed by atoms with van der Waals surface area (Å²) in [4.78, 5) is 21.3. The maximum atomic E-state index is 4.41. The topological polar surface area (TPSA) is 64.5 Å². The van der Waals surface area contributed by atoms with Crippen molar-refractivity contribution in [2.24, 2.45) is 0 Å². The van der Waals surface area contributed by atoms with E-state index >= 15 is 0 Å². The van der Waals surface area contributed by atoms with E-state index in [-0.39, 0.29) is 32.5 Å². The van der Waals surface area contributed by atoms with E-state index in [0.717, 1.165) is 17.1 Å². The van der Waals surface area contributed by atoms with Crippen molar-refractivity contribution in [3.8, 4) is 0 Å². The monoisotopic (exact) mass is 1390 g/mol. The Bertz CT molecular complexity index is 2630. The lowest BCUT2D eigenvalue weighted by Gasteiger charge is -2.24. The molecule has 0 spiro atoms. The average Bonchev–Trinajstić information content (AvgIpc) is 0.783. The van der Waals surface area contributed by atoms with Gasteiger partial charge in [-0.25, -0.2) is 9.97 Å². The van der Waals surface area contributed by atoms with Gasteiger partial charge in [-0.05, 0) is 206 Å². The summed E-state index contributed by atoms with van der Waals surface area (Å²) < 4.78 is 0. The molecule has 5 nitrogen and oxygen atoms in total. The lowest BCUT2D eigenvalue weighted by molar-refractivity contribution is 0.560. The molecule has 0 saturated heterocycles. The predicted octanol–water partition coefficient (Wildman–Crippen LogP) is 32.0. The second-order valence-corrected chi connectivity index (χ2v) is 27.4. The van der Waals surface area contributed by atoms with Crippen LogP contribution in [0.3, 0.4) is 0 Å². The normalized spacial score (nSPS) is 9.70. The van der Waals surface area contributed by atoms with E-state index in [2.05, 4.69) is 286 Å². The van der Waals surface area contributed by atoms with Gasteiger partial charge >= 0.3 is 0 Å². The van der Waals surface area contributed by atoms with Gasteiger partial charge in [-0.1, -0.05) is 339 Å². The minimum absolute atomic E-state index is 0.123. The van der Waals surface area contributed by atoms with Crippen LogP contribution in [0.25, 0.3) is 10.8 Å². The molecule has 0 unspecified atom stereocenters. The first-order chi connectivity index (χ1) is 46.5. The number of pyridine rings is 3. The number of rotatable bonds is 0. The molecule has 0 bridgehead atoms. The molecule has 0 N–H and O–H groups in total. The van der Waals surface area contributed by atoms with Gasteiger partial charge in [0.15, 0.2) is 0 Å². The molecule has 4 aromatic heterocycles. The van der Waals surface area contributed by atoms with E-state index in [0.29, 0.717) is 0 Å². The van der Waals surface area contributed by atoms with E-state index in [1.54, 1.807) is 6.33 Å².